The van der Waals surface area contributed by atoms with Crippen LogP contribution in [-0.2, 0) is 11.2 Å². The molecule has 4 rings (SSSR count). The van der Waals surface area contributed by atoms with Crippen molar-refractivity contribution in [3.05, 3.63) is 76.9 Å². The van der Waals surface area contributed by atoms with Crippen molar-refractivity contribution < 1.29 is 9.53 Å². The summed E-state index contributed by atoms with van der Waals surface area (Å²) >= 11 is 0. The molecule has 1 heterocycles. The first kappa shape index (κ1) is 22.5. The molecule has 6 nitrogen and oxygen atoms in total. The third-order valence-electron chi connectivity index (χ3n) is 5.84. The molecule has 1 aromatic heterocycles. The Hall–Kier alpha value is -3.67. The minimum absolute atomic E-state index is 0.0585. The van der Waals surface area contributed by atoms with Crippen LogP contribution in [0.3, 0.4) is 0 Å². The highest BCUT2D eigenvalue weighted by Crippen LogP contribution is 2.23. The molecule has 6 heteroatoms. The smallest absolute Gasteiger partial charge is 0.262 e. The predicted octanol–water partition coefficient (Wildman–Crippen LogP) is 5.71. The number of fused-ring (bicyclic) bond motifs is 1. The number of carbonyl (C=O) groups is 1. The number of anilines is 1. The molecule has 0 unspecified atom stereocenters. The minimum atomic E-state index is -0.217. The molecule has 0 aliphatic rings. The summed E-state index contributed by atoms with van der Waals surface area (Å²) in [7, 11) is 0. The fourth-order valence-electron chi connectivity index (χ4n) is 3.63. The van der Waals surface area contributed by atoms with Crippen LogP contribution in [-0.4, -0.2) is 27.5 Å². The molecular weight excluding hydrogens is 412 g/mol. The lowest BCUT2D eigenvalue weighted by molar-refractivity contribution is -0.118. The number of benzene rings is 3. The van der Waals surface area contributed by atoms with Crippen LogP contribution in [0, 0.1) is 20.8 Å². The Labute approximate surface area is 194 Å². The molecule has 1 amide bonds. The molecule has 4 aromatic rings. The predicted molar refractivity (Wildman–Crippen MR) is 132 cm³/mol. The number of aromatic nitrogens is 3. The van der Waals surface area contributed by atoms with Crippen LogP contribution in [0.25, 0.3) is 16.7 Å². The zero-order chi connectivity index (χ0) is 23.4. The first-order valence-electron chi connectivity index (χ1n) is 11.4. The van der Waals surface area contributed by atoms with E-state index in [-0.39, 0.29) is 12.5 Å². The number of unbranched alkanes of at least 4 members (excludes halogenated alkanes) is 1. The Morgan fingerprint density at radius 1 is 0.909 bits per heavy atom. The van der Waals surface area contributed by atoms with Crippen molar-refractivity contribution in [3.8, 4) is 11.4 Å². The van der Waals surface area contributed by atoms with Gasteiger partial charge in [-0.15, -0.1) is 10.2 Å². The Morgan fingerprint density at radius 3 is 2.33 bits per heavy atom. The normalized spacial score (nSPS) is 11.0. The topological polar surface area (TPSA) is 69.0 Å². The van der Waals surface area contributed by atoms with Crippen LogP contribution < -0.4 is 10.1 Å². The van der Waals surface area contributed by atoms with Crippen LogP contribution in [0.2, 0.25) is 0 Å². The molecule has 170 valence electrons. The lowest BCUT2D eigenvalue weighted by Crippen LogP contribution is -2.20. The van der Waals surface area contributed by atoms with E-state index >= 15 is 0 Å². The van der Waals surface area contributed by atoms with Gasteiger partial charge < -0.3 is 10.1 Å². The number of hydrogen-bond donors (Lipinski definition) is 1. The second-order valence-corrected chi connectivity index (χ2v) is 8.50. The Kier molecular flexibility index (Phi) is 6.73. The van der Waals surface area contributed by atoms with Crippen LogP contribution in [0.5, 0.6) is 5.75 Å². The Bertz CT molecular complexity index is 1280. The highest BCUT2D eigenvalue weighted by Gasteiger charge is 2.11. The lowest BCUT2D eigenvalue weighted by atomic mass is 10.1. The van der Waals surface area contributed by atoms with Gasteiger partial charge in [0.15, 0.2) is 6.61 Å². The molecule has 0 spiro atoms. The van der Waals surface area contributed by atoms with Gasteiger partial charge in [-0.1, -0.05) is 31.5 Å². The van der Waals surface area contributed by atoms with Crippen LogP contribution in [0.4, 0.5) is 5.69 Å². The molecule has 0 aliphatic carbocycles. The Balaban J connectivity index is 1.45. The number of nitrogens with one attached hydrogen (secondary N) is 1. The minimum Gasteiger partial charge on any atom is -0.484 e. The molecule has 0 bridgehead atoms. The van der Waals surface area contributed by atoms with E-state index in [1.54, 1.807) is 4.80 Å². The molecule has 0 aliphatic heterocycles. The summed E-state index contributed by atoms with van der Waals surface area (Å²) in [6, 6.07) is 18.0. The van der Waals surface area contributed by atoms with E-state index in [1.807, 2.05) is 63.2 Å². The molecule has 3 aromatic carbocycles. The summed E-state index contributed by atoms with van der Waals surface area (Å²) in [5, 5.41) is 12.2. The van der Waals surface area contributed by atoms with E-state index < -0.39 is 0 Å². The third-order valence-corrected chi connectivity index (χ3v) is 5.84. The van der Waals surface area contributed by atoms with Gasteiger partial charge in [0.05, 0.1) is 5.69 Å². The van der Waals surface area contributed by atoms with E-state index in [9.17, 15) is 4.79 Å². The van der Waals surface area contributed by atoms with Gasteiger partial charge in [-0.25, -0.2) is 0 Å². The van der Waals surface area contributed by atoms with E-state index in [0.717, 1.165) is 34.3 Å². The largest absolute Gasteiger partial charge is 0.484 e. The summed E-state index contributed by atoms with van der Waals surface area (Å²) in [5.41, 5.74) is 7.69. The van der Waals surface area contributed by atoms with E-state index in [2.05, 4.69) is 34.6 Å². The summed E-state index contributed by atoms with van der Waals surface area (Å²) in [6.07, 6.45) is 3.46. The Morgan fingerprint density at radius 2 is 1.64 bits per heavy atom. The number of amides is 1. The van der Waals surface area contributed by atoms with Crippen molar-refractivity contribution in [2.45, 2.75) is 47.0 Å². The standard InChI is InChI=1S/C27H30N4O2/c1-5-6-7-21-9-11-22(12-10-21)31-29-25-15-20(4)24(16-26(25)30-31)28-27(32)17-33-23-13-8-18(2)19(3)14-23/h8-16H,5-7,17H2,1-4H3,(H,28,32). The molecule has 0 radical (unpaired) electrons. The summed E-state index contributed by atoms with van der Waals surface area (Å²) in [5.74, 6) is 0.467. The van der Waals surface area contributed by atoms with Crippen LogP contribution in [0.1, 0.15) is 42.0 Å². The summed E-state index contributed by atoms with van der Waals surface area (Å²) < 4.78 is 5.66. The maximum absolute atomic E-state index is 12.5. The molecule has 33 heavy (non-hydrogen) atoms. The van der Waals surface area contributed by atoms with Crippen molar-refractivity contribution in [3.63, 3.8) is 0 Å². The molecular formula is C27H30N4O2. The van der Waals surface area contributed by atoms with E-state index in [0.29, 0.717) is 11.4 Å². The first-order chi connectivity index (χ1) is 15.9. The molecule has 0 atom stereocenters. The first-order valence-corrected chi connectivity index (χ1v) is 11.4. The van der Waals surface area contributed by atoms with Crippen molar-refractivity contribution >= 4 is 22.6 Å². The van der Waals surface area contributed by atoms with Crippen LogP contribution >= 0.6 is 0 Å². The maximum atomic E-state index is 12.5. The zero-order valence-electron chi connectivity index (χ0n) is 19.7. The van der Waals surface area contributed by atoms with Gasteiger partial charge in [-0.3, -0.25) is 4.79 Å². The average Bonchev–Trinajstić information content (AvgIpc) is 3.21. The number of aryl methyl sites for hydroxylation is 4. The van der Waals surface area contributed by atoms with Gasteiger partial charge in [0.25, 0.3) is 5.91 Å². The number of rotatable bonds is 8. The fourth-order valence-corrected chi connectivity index (χ4v) is 3.63. The maximum Gasteiger partial charge on any atom is 0.262 e. The number of hydrogen-bond acceptors (Lipinski definition) is 4. The van der Waals surface area contributed by atoms with Gasteiger partial charge in [0.2, 0.25) is 0 Å². The fraction of sp³-hybridized carbons (Fsp3) is 0.296. The zero-order valence-corrected chi connectivity index (χ0v) is 19.7. The van der Waals surface area contributed by atoms with Gasteiger partial charge in [0, 0.05) is 5.69 Å². The third kappa shape index (κ3) is 5.40. The quantitative estimate of drug-likeness (QED) is 0.380. The monoisotopic (exact) mass is 442 g/mol. The van der Waals surface area contributed by atoms with Gasteiger partial charge in [-0.2, -0.15) is 4.80 Å². The highest BCUT2D eigenvalue weighted by atomic mass is 16.5. The lowest BCUT2D eigenvalue weighted by Gasteiger charge is -2.10. The van der Waals surface area contributed by atoms with Crippen LogP contribution in [0.15, 0.2) is 54.6 Å². The molecule has 1 N–H and O–H groups in total. The number of nitrogens with zero attached hydrogens (tertiary/aromatic N) is 3. The van der Waals surface area contributed by atoms with Crippen molar-refractivity contribution in [1.29, 1.82) is 0 Å². The summed E-state index contributed by atoms with van der Waals surface area (Å²) in [4.78, 5) is 14.1. The van der Waals surface area contributed by atoms with Crippen molar-refractivity contribution in [2.75, 3.05) is 11.9 Å². The second kappa shape index (κ2) is 9.86. The SMILES string of the molecule is CCCCc1ccc(-n2nc3cc(C)c(NC(=O)COc4ccc(C)c(C)c4)cc3n2)cc1. The summed E-state index contributed by atoms with van der Waals surface area (Å²) in [6.45, 7) is 8.15. The van der Waals surface area contributed by atoms with Gasteiger partial charge >= 0.3 is 0 Å². The number of carbonyl (C=O) groups excluding carboxylic acids is 1. The number of ether oxygens (including phenoxy) is 1. The second-order valence-electron chi connectivity index (χ2n) is 8.50. The average molecular weight is 443 g/mol. The van der Waals surface area contributed by atoms with Gasteiger partial charge in [0.1, 0.15) is 16.8 Å². The van der Waals surface area contributed by atoms with E-state index in [1.165, 1.54) is 24.0 Å². The molecule has 0 saturated heterocycles. The molecule has 0 fully saturated rings. The van der Waals surface area contributed by atoms with Crippen molar-refractivity contribution in [2.24, 2.45) is 0 Å². The van der Waals surface area contributed by atoms with Crippen molar-refractivity contribution in [1.82, 2.24) is 15.0 Å². The van der Waals surface area contributed by atoms with Gasteiger partial charge in [-0.05, 0) is 92.3 Å². The highest BCUT2D eigenvalue weighted by molar-refractivity contribution is 5.95. The van der Waals surface area contributed by atoms with E-state index in [4.69, 9.17) is 4.74 Å². The molecule has 0 saturated carbocycles.